The summed E-state index contributed by atoms with van der Waals surface area (Å²) in [6.07, 6.45) is 6.42. The van der Waals surface area contributed by atoms with Crippen LogP contribution in [-0.4, -0.2) is 55.6 Å². The number of nitrogens with one attached hydrogen (secondary N) is 2. The summed E-state index contributed by atoms with van der Waals surface area (Å²) in [4.78, 5) is 11.3. The lowest BCUT2D eigenvalue weighted by Crippen LogP contribution is -2.42. The van der Waals surface area contributed by atoms with E-state index in [1.807, 2.05) is 14.0 Å². The average molecular weight is 324 g/mol. The summed E-state index contributed by atoms with van der Waals surface area (Å²) in [5, 5.41) is 10.0. The predicted octanol–water partition coefficient (Wildman–Crippen LogP) is 2.04. The molecule has 0 saturated carbocycles. The number of likely N-dealkylation sites (tertiary alicyclic amines) is 1. The minimum Gasteiger partial charge on any atom is -0.356 e. The van der Waals surface area contributed by atoms with Crippen molar-refractivity contribution in [3.63, 3.8) is 0 Å². The lowest BCUT2D eigenvalue weighted by molar-refractivity contribution is 0.289. The largest absolute Gasteiger partial charge is 0.356 e. The number of hydrogen-bond acceptors (Lipinski definition) is 4. The second-order valence-corrected chi connectivity index (χ2v) is 6.85. The molecular weight excluding hydrogens is 294 g/mol. The van der Waals surface area contributed by atoms with Gasteiger partial charge in [0.2, 0.25) is 0 Å². The van der Waals surface area contributed by atoms with E-state index < -0.39 is 0 Å². The van der Waals surface area contributed by atoms with Crippen LogP contribution >= 0.6 is 11.3 Å². The predicted molar refractivity (Wildman–Crippen MR) is 94.8 cm³/mol. The van der Waals surface area contributed by atoms with E-state index in [0.29, 0.717) is 0 Å². The molecule has 1 aliphatic rings. The fourth-order valence-electron chi connectivity index (χ4n) is 2.74. The van der Waals surface area contributed by atoms with Crippen LogP contribution < -0.4 is 10.6 Å². The Kier molecular flexibility index (Phi) is 7.66. The number of aryl methyl sites for hydroxylation is 1. The molecule has 1 aromatic rings. The van der Waals surface area contributed by atoms with Gasteiger partial charge in [-0.15, -0.1) is 11.3 Å². The maximum absolute atomic E-state index is 4.48. The molecule has 1 aliphatic heterocycles. The van der Waals surface area contributed by atoms with Crippen molar-refractivity contribution < 1.29 is 0 Å². The maximum atomic E-state index is 4.48. The minimum absolute atomic E-state index is 0.868. The summed E-state index contributed by atoms with van der Waals surface area (Å²) >= 11 is 1.71. The van der Waals surface area contributed by atoms with E-state index in [4.69, 9.17) is 0 Å². The van der Waals surface area contributed by atoms with Gasteiger partial charge in [-0.05, 0) is 32.9 Å². The molecule has 0 spiro atoms. The number of rotatable bonds is 6. The average Bonchev–Trinajstić information content (AvgIpc) is 2.77. The van der Waals surface area contributed by atoms with E-state index in [9.17, 15) is 0 Å². The second-order valence-electron chi connectivity index (χ2n) is 5.79. The molecule has 124 valence electrons. The first-order valence-electron chi connectivity index (χ1n) is 8.36. The van der Waals surface area contributed by atoms with Crippen LogP contribution in [0.5, 0.6) is 0 Å². The Morgan fingerprint density at radius 2 is 1.95 bits per heavy atom. The standard InChI is InChI=1S/C16H29N5S/c1-14-20-15(13-22-14)7-8-18-16(17-2)19-9-12-21-10-5-3-4-6-11-21/h13H,3-12H2,1-2H3,(H2,17,18,19). The van der Waals surface area contributed by atoms with Crippen molar-refractivity contribution in [1.82, 2.24) is 20.5 Å². The second kappa shape index (κ2) is 9.79. The first-order chi connectivity index (χ1) is 10.8. The zero-order chi connectivity index (χ0) is 15.6. The summed E-state index contributed by atoms with van der Waals surface area (Å²) in [6.45, 7) is 7.46. The molecular formula is C16H29N5S. The van der Waals surface area contributed by atoms with E-state index in [0.717, 1.165) is 42.7 Å². The Morgan fingerprint density at radius 1 is 1.23 bits per heavy atom. The lowest BCUT2D eigenvalue weighted by atomic mass is 10.2. The lowest BCUT2D eigenvalue weighted by Gasteiger charge is -2.20. The molecule has 2 rings (SSSR count). The molecule has 1 aromatic heterocycles. The minimum atomic E-state index is 0.868. The zero-order valence-corrected chi connectivity index (χ0v) is 14.7. The third-order valence-electron chi connectivity index (χ3n) is 3.98. The van der Waals surface area contributed by atoms with Gasteiger partial charge in [-0.1, -0.05) is 12.8 Å². The molecule has 0 aromatic carbocycles. The summed E-state index contributed by atoms with van der Waals surface area (Å²) in [5.74, 6) is 0.891. The van der Waals surface area contributed by atoms with Gasteiger partial charge in [0.15, 0.2) is 5.96 Å². The summed E-state index contributed by atoms with van der Waals surface area (Å²) in [5.41, 5.74) is 1.16. The maximum Gasteiger partial charge on any atom is 0.191 e. The third kappa shape index (κ3) is 6.32. The number of aromatic nitrogens is 1. The van der Waals surface area contributed by atoms with Gasteiger partial charge in [-0.2, -0.15) is 0 Å². The van der Waals surface area contributed by atoms with E-state index in [2.05, 4.69) is 30.9 Å². The van der Waals surface area contributed by atoms with Gasteiger partial charge in [0, 0.05) is 38.5 Å². The molecule has 1 saturated heterocycles. The van der Waals surface area contributed by atoms with E-state index in [1.165, 1.54) is 38.8 Å². The SMILES string of the molecule is CN=C(NCCc1csc(C)n1)NCCN1CCCCCC1. The Morgan fingerprint density at radius 3 is 2.59 bits per heavy atom. The van der Waals surface area contributed by atoms with Crippen molar-refractivity contribution in [2.24, 2.45) is 4.99 Å². The topological polar surface area (TPSA) is 52.6 Å². The van der Waals surface area contributed by atoms with Crippen molar-refractivity contribution in [2.45, 2.75) is 39.0 Å². The molecule has 2 N–H and O–H groups in total. The van der Waals surface area contributed by atoms with Crippen molar-refractivity contribution in [3.8, 4) is 0 Å². The molecule has 0 radical (unpaired) electrons. The first-order valence-corrected chi connectivity index (χ1v) is 9.24. The molecule has 0 atom stereocenters. The van der Waals surface area contributed by atoms with Gasteiger partial charge in [0.25, 0.3) is 0 Å². The van der Waals surface area contributed by atoms with Crippen molar-refractivity contribution >= 4 is 17.3 Å². The smallest absolute Gasteiger partial charge is 0.191 e. The molecule has 6 heteroatoms. The van der Waals surface area contributed by atoms with Crippen LogP contribution in [0.25, 0.3) is 0 Å². The van der Waals surface area contributed by atoms with Gasteiger partial charge in [-0.25, -0.2) is 4.98 Å². The normalized spacial score (nSPS) is 17.3. The quantitative estimate of drug-likeness (QED) is 0.621. The molecule has 0 aliphatic carbocycles. The first kappa shape index (κ1) is 17.2. The summed E-state index contributed by atoms with van der Waals surface area (Å²) in [7, 11) is 1.83. The number of nitrogens with zero attached hydrogens (tertiary/aromatic N) is 3. The summed E-state index contributed by atoms with van der Waals surface area (Å²) in [6, 6.07) is 0. The molecule has 0 amide bonds. The highest BCUT2D eigenvalue weighted by molar-refractivity contribution is 7.09. The van der Waals surface area contributed by atoms with Crippen LogP contribution in [0, 0.1) is 6.92 Å². The van der Waals surface area contributed by atoms with Crippen LogP contribution in [0.2, 0.25) is 0 Å². The molecule has 5 nitrogen and oxygen atoms in total. The summed E-state index contributed by atoms with van der Waals surface area (Å²) < 4.78 is 0. The fraction of sp³-hybridized carbons (Fsp3) is 0.750. The third-order valence-corrected chi connectivity index (χ3v) is 4.81. The molecule has 22 heavy (non-hydrogen) atoms. The molecule has 1 fully saturated rings. The van der Waals surface area contributed by atoms with Gasteiger partial charge in [-0.3, -0.25) is 4.99 Å². The van der Waals surface area contributed by atoms with E-state index >= 15 is 0 Å². The van der Waals surface area contributed by atoms with Crippen LogP contribution in [-0.2, 0) is 6.42 Å². The highest BCUT2D eigenvalue weighted by atomic mass is 32.1. The monoisotopic (exact) mass is 323 g/mol. The number of aliphatic imine (C=N–C) groups is 1. The Balaban J connectivity index is 1.60. The van der Waals surface area contributed by atoms with Gasteiger partial charge in [0.1, 0.15) is 0 Å². The van der Waals surface area contributed by atoms with Crippen LogP contribution in [0.15, 0.2) is 10.4 Å². The van der Waals surface area contributed by atoms with E-state index in [-0.39, 0.29) is 0 Å². The van der Waals surface area contributed by atoms with Crippen molar-refractivity contribution in [2.75, 3.05) is 39.8 Å². The van der Waals surface area contributed by atoms with Gasteiger partial charge < -0.3 is 15.5 Å². The Labute approximate surface area is 138 Å². The highest BCUT2D eigenvalue weighted by Gasteiger charge is 2.08. The van der Waals surface area contributed by atoms with Crippen molar-refractivity contribution in [3.05, 3.63) is 16.1 Å². The van der Waals surface area contributed by atoms with Crippen LogP contribution in [0.3, 0.4) is 0 Å². The van der Waals surface area contributed by atoms with Gasteiger partial charge >= 0.3 is 0 Å². The Bertz CT molecular complexity index is 449. The number of thiazole rings is 1. The molecule has 2 heterocycles. The van der Waals surface area contributed by atoms with Crippen LogP contribution in [0.4, 0.5) is 0 Å². The number of guanidine groups is 1. The van der Waals surface area contributed by atoms with Gasteiger partial charge in [0.05, 0.1) is 10.7 Å². The van der Waals surface area contributed by atoms with Crippen molar-refractivity contribution in [1.29, 1.82) is 0 Å². The van der Waals surface area contributed by atoms with Crippen LogP contribution in [0.1, 0.15) is 36.4 Å². The zero-order valence-electron chi connectivity index (χ0n) is 13.9. The highest BCUT2D eigenvalue weighted by Crippen LogP contribution is 2.09. The molecule has 0 unspecified atom stereocenters. The molecule has 0 bridgehead atoms. The number of hydrogen-bond donors (Lipinski definition) is 2. The van der Waals surface area contributed by atoms with E-state index in [1.54, 1.807) is 11.3 Å². The Hall–Kier alpha value is -1.14. The fourth-order valence-corrected chi connectivity index (χ4v) is 3.39.